The Hall–Kier alpha value is -3.68. The summed E-state index contributed by atoms with van der Waals surface area (Å²) in [6, 6.07) is 11.8. The predicted molar refractivity (Wildman–Crippen MR) is 96.9 cm³/mol. The topological polar surface area (TPSA) is 98.9 Å². The van der Waals surface area contributed by atoms with Crippen LogP contribution in [-0.4, -0.2) is 22.9 Å². The van der Waals surface area contributed by atoms with Gasteiger partial charge in [0.05, 0.1) is 22.3 Å². The summed E-state index contributed by atoms with van der Waals surface area (Å²) < 4.78 is 10.8. The van der Waals surface area contributed by atoms with Gasteiger partial charge in [0.1, 0.15) is 0 Å². The first-order valence-corrected chi connectivity index (χ1v) is 7.85. The summed E-state index contributed by atoms with van der Waals surface area (Å²) >= 11 is 0. The zero-order chi connectivity index (χ0) is 18.1. The number of nitrogens with zero attached hydrogens (tertiary/aromatic N) is 3. The fourth-order valence-electron chi connectivity index (χ4n) is 2.74. The molecule has 3 aromatic rings. The molecule has 0 saturated carbocycles. The minimum Gasteiger partial charge on any atom is -0.454 e. The molecule has 0 spiro atoms. The molecule has 0 radical (unpaired) electrons. The molecule has 8 heteroatoms. The highest BCUT2D eigenvalue weighted by molar-refractivity contribution is 5.94. The molecule has 0 fully saturated rings. The Balaban J connectivity index is 1.65. The Labute approximate surface area is 148 Å². The minimum absolute atomic E-state index is 0.0202. The van der Waals surface area contributed by atoms with E-state index in [0.717, 1.165) is 22.3 Å². The Bertz CT molecular complexity index is 1050. The van der Waals surface area contributed by atoms with E-state index in [-0.39, 0.29) is 12.5 Å². The molecular formula is C18H14N4O4. The van der Waals surface area contributed by atoms with Crippen LogP contribution in [0.2, 0.25) is 0 Å². The summed E-state index contributed by atoms with van der Waals surface area (Å²) in [6.45, 7) is 2.08. The van der Waals surface area contributed by atoms with Crippen LogP contribution in [0.5, 0.6) is 11.5 Å². The molecule has 2 heterocycles. The van der Waals surface area contributed by atoms with Crippen molar-refractivity contribution in [2.24, 2.45) is 5.10 Å². The third kappa shape index (κ3) is 3.00. The summed E-state index contributed by atoms with van der Waals surface area (Å²) in [5.41, 5.74) is 5.97. The number of anilines is 1. The van der Waals surface area contributed by atoms with E-state index in [0.29, 0.717) is 17.1 Å². The Morgan fingerprint density at radius 3 is 2.85 bits per heavy atom. The molecular weight excluding hydrogens is 336 g/mol. The lowest BCUT2D eigenvalue weighted by atomic mass is 10.1. The molecule has 1 aliphatic rings. The van der Waals surface area contributed by atoms with Gasteiger partial charge in [-0.05, 0) is 19.1 Å². The van der Waals surface area contributed by atoms with Crippen molar-refractivity contribution in [3.63, 3.8) is 0 Å². The van der Waals surface area contributed by atoms with Crippen molar-refractivity contribution in [1.82, 2.24) is 4.98 Å². The summed E-state index contributed by atoms with van der Waals surface area (Å²) in [4.78, 5) is 14.9. The van der Waals surface area contributed by atoms with E-state index in [4.69, 9.17) is 9.47 Å². The van der Waals surface area contributed by atoms with Crippen LogP contribution in [0.1, 0.15) is 11.3 Å². The quantitative estimate of drug-likeness (QED) is 0.438. The number of hydrogen-bond donors (Lipinski definition) is 1. The lowest BCUT2D eigenvalue weighted by Gasteiger charge is -2.08. The number of rotatable bonds is 4. The Morgan fingerprint density at radius 2 is 2.04 bits per heavy atom. The number of hydrogen-bond acceptors (Lipinski definition) is 7. The van der Waals surface area contributed by atoms with Crippen LogP contribution in [0, 0.1) is 17.0 Å². The van der Waals surface area contributed by atoms with Gasteiger partial charge in [-0.25, -0.2) is 0 Å². The highest BCUT2D eigenvalue weighted by atomic mass is 16.7. The van der Waals surface area contributed by atoms with Gasteiger partial charge in [-0.1, -0.05) is 12.1 Å². The first-order chi connectivity index (χ1) is 12.6. The number of fused-ring (bicyclic) bond motifs is 2. The van der Waals surface area contributed by atoms with Crippen LogP contribution < -0.4 is 14.9 Å². The van der Waals surface area contributed by atoms with Crippen LogP contribution in [-0.2, 0) is 0 Å². The van der Waals surface area contributed by atoms with Gasteiger partial charge in [-0.3, -0.25) is 20.5 Å². The highest BCUT2D eigenvalue weighted by Gasteiger charge is 2.16. The molecule has 2 aromatic carbocycles. The number of nitro groups is 1. The average Bonchev–Trinajstić information content (AvgIpc) is 3.07. The van der Waals surface area contributed by atoms with Crippen molar-refractivity contribution in [3.8, 4) is 11.5 Å². The molecule has 0 aliphatic carbocycles. The molecule has 4 rings (SSSR count). The maximum Gasteiger partial charge on any atom is 0.270 e. The van der Waals surface area contributed by atoms with Gasteiger partial charge in [0, 0.05) is 34.8 Å². The van der Waals surface area contributed by atoms with Gasteiger partial charge in [0.2, 0.25) is 6.79 Å². The summed E-state index contributed by atoms with van der Waals surface area (Å²) in [6.07, 6.45) is 1.53. The van der Waals surface area contributed by atoms with E-state index in [1.807, 2.05) is 25.1 Å². The molecule has 8 nitrogen and oxygen atoms in total. The molecule has 130 valence electrons. The third-order valence-corrected chi connectivity index (χ3v) is 3.91. The van der Waals surface area contributed by atoms with Gasteiger partial charge in [-0.15, -0.1) is 0 Å². The number of ether oxygens (including phenoxy) is 2. The van der Waals surface area contributed by atoms with E-state index < -0.39 is 4.92 Å². The lowest BCUT2D eigenvalue weighted by Crippen LogP contribution is -1.95. The number of non-ortho nitro benzene ring substituents is 1. The number of nitrogens with one attached hydrogen (secondary N) is 1. The normalized spacial score (nSPS) is 12.7. The van der Waals surface area contributed by atoms with Crippen molar-refractivity contribution in [3.05, 3.63) is 63.8 Å². The molecule has 26 heavy (non-hydrogen) atoms. The molecule has 0 saturated heterocycles. The first-order valence-electron chi connectivity index (χ1n) is 7.85. The van der Waals surface area contributed by atoms with Crippen LogP contribution in [0.3, 0.4) is 0 Å². The van der Waals surface area contributed by atoms with Gasteiger partial charge in [0.25, 0.3) is 5.69 Å². The zero-order valence-electron chi connectivity index (χ0n) is 13.8. The first kappa shape index (κ1) is 15.8. The number of nitro benzene ring substituents is 1. The number of pyridine rings is 1. The van der Waals surface area contributed by atoms with E-state index in [1.165, 1.54) is 18.3 Å². The van der Waals surface area contributed by atoms with Crippen LogP contribution in [0.4, 0.5) is 11.4 Å². The fourth-order valence-corrected chi connectivity index (χ4v) is 2.74. The van der Waals surface area contributed by atoms with E-state index >= 15 is 0 Å². The summed E-state index contributed by atoms with van der Waals surface area (Å²) in [5, 5.41) is 15.9. The molecule has 0 bridgehead atoms. The second-order valence-corrected chi connectivity index (χ2v) is 5.76. The summed E-state index contributed by atoms with van der Waals surface area (Å²) in [5.74, 6) is 1.33. The SMILES string of the molecule is Cc1cc(N/N=C/c2cccc([N+](=O)[O-])c2)c2cc3c(cc2n1)OCO3. The summed E-state index contributed by atoms with van der Waals surface area (Å²) in [7, 11) is 0. The van der Waals surface area contributed by atoms with Crippen LogP contribution in [0.15, 0.2) is 47.6 Å². The van der Waals surface area contributed by atoms with Crippen LogP contribution >= 0.6 is 0 Å². The van der Waals surface area contributed by atoms with Crippen molar-refractivity contribution in [2.75, 3.05) is 12.2 Å². The Morgan fingerprint density at radius 1 is 1.23 bits per heavy atom. The average molecular weight is 350 g/mol. The molecule has 0 unspecified atom stereocenters. The van der Waals surface area contributed by atoms with Crippen molar-refractivity contribution < 1.29 is 14.4 Å². The van der Waals surface area contributed by atoms with E-state index in [1.54, 1.807) is 12.1 Å². The maximum atomic E-state index is 10.8. The third-order valence-electron chi connectivity index (χ3n) is 3.91. The van der Waals surface area contributed by atoms with E-state index in [2.05, 4.69) is 15.5 Å². The van der Waals surface area contributed by atoms with Crippen molar-refractivity contribution >= 4 is 28.5 Å². The van der Waals surface area contributed by atoms with Crippen molar-refractivity contribution in [1.29, 1.82) is 0 Å². The van der Waals surface area contributed by atoms with Gasteiger partial charge >= 0.3 is 0 Å². The lowest BCUT2D eigenvalue weighted by molar-refractivity contribution is -0.384. The zero-order valence-corrected chi connectivity index (χ0v) is 13.8. The van der Waals surface area contributed by atoms with Crippen molar-refractivity contribution in [2.45, 2.75) is 6.92 Å². The number of aromatic nitrogens is 1. The smallest absolute Gasteiger partial charge is 0.270 e. The maximum absolute atomic E-state index is 10.8. The number of benzene rings is 2. The molecule has 0 atom stereocenters. The van der Waals surface area contributed by atoms with Crippen LogP contribution in [0.25, 0.3) is 10.9 Å². The van der Waals surface area contributed by atoms with Gasteiger partial charge < -0.3 is 9.47 Å². The highest BCUT2D eigenvalue weighted by Crippen LogP contribution is 2.38. The molecule has 1 aromatic heterocycles. The molecule has 1 aliphatic heterocycles. The number of hydrazone groups is 1. The largest absolute Gasteiger partial charge is 0.454 e. The number of aryl methyl sites for hydroxylation is 1. The van der Waals surface area contributed by atoms with E-state index in [9.17, 15) is 10.1 Å². The standard InChI is InChI=1S/C18H14N4O4/c1-11-5-16(14-7-17-18(26-10-25-17)8-15(14)20-11)21-19-9-12-3-2-4-13(6-12)22(23)24/h2-9H,10H2,1H3,(H,20,21)/b19-9+. The predicted octanol–water partition coefficient (Wildman–Crippen LogP) is 3.63. The second kappa shape index (κ2) is 6.32. The second-order valence-electron chi connectivity index (χ2n) is 5.76. The molecule has 1 N–H and O–H groups in total. The fraction of sp³-hybridized carbons (Fsp3) is 0.111. The molecule has 0 amide bonds. The van der Waals surface area contributed by atoms with Gasteiger partial charge in [-0.2, -0.15) is 5.10 Å². The Kier molecular flexibility index (Phi) is 3.85. The minimum atomic E-state index is -0.437. The monoisotopic (exact) mass is 350 g/mol. The van der Waals surface area contributed by atoms with Gasteiger partial charge in [0.15, 0.2) is 11.5 Å².